The zero-order valence-electron chi connectivity index (χ0n) is 12.4. The lowest BCUT2D eigenvalue weighted by Crippen LogP contribution is -2.17. The summed E-state index contributed by atoms with van der Waals surface area (Å²) in [6, 6.07) is 14.4. The Labute approximate surface area is 125 Å². The van der Waals surface area contributed by atoms with E-state index in [1.54, 1.807) is 0 Å². The summed E-state index contributed by atoms with van der Waals surface area (Å²) in [4.78, 5) is 2.09. The maximum absolute atomic E-state index is 5.73. The third-order valence-corrected chi connectivity index (χ3v) is 3.49. The first kappa shape index (κ1) is 13.6. The number of ether oxygens (including phenoxy) is 2. The molecule has 0 saturated carbocycles. The van der Waals surface area contributed by atoms with Gasteiger partial charge in [-0.25, -0.2) is 0 Å². The van der Waals surface area contributed by atoms with E-state index in [9.17, 15) is 0 Å². The van der Waals surface area contributed by atoms with Gasteiger partial charge in [-0.05, 0) is 24.3 Å². The van der Waals surface area contributed by atoms with E-state index in [-0.39, 0.29) is 0 Å². The van der Waals surface area contributed by atoms with Crippen LogP contribution < -0.4 is 19.7 Å². The Hall–Kier alpha value is -2.36. The van der Waals surface area contributed by atoms with Gasteiger partial charge < -0.3 is 19.7 Å². The van der Waals surface area contributed by atoms with Crippen LogP contribution >= 0.6 is 0 Å². The molecule has 1 aliphatic rings. The minimum atomic E-state index is 0.611. The van der Waals surface area contributed by atoms with Gasteiger partial charge in [-0.15, -0.1) is 0 Å². The summed E-state index contributed by atoms with van der Waals surface area (Å²) in [5.74, 6) is 1.70. The van der Waals surface area contributed by atoms with Crippen LogP contribution in [-0.4, -0.2) is 27.3 Å². The molecule has 1 heterocycles. The van der Waals surface area contributed by atoms with Crippen molar-refractivity contribution in [1.82, 2.24) is 0 Å². The van der Waals surface area contributed by atoms with Crippen LogP contribution in [-0.2, 0) is 6.54 Å². The van der Waals surface area contributed by atoms with Crippen molar-refractivity contribution in [2.45, 2.75) is 6.54 Å². The molecule has 2 aromatic rings. The van der Waals surface area contributed by atoms with Crippen LogP contribution in [0.4, 0.5) is 11.4 Å². The monoisotopic (exact) mass is 284 g/mol. The highest BCUT2D eigenvalue weighted by Crippen LogP contribution is 2.34. The summed E-state index contributed by atoms with van der Waals surface area (Å²) in [6.45, 7) is 1.94. The van der Waals surface area contributed by atoms with Crippen LogP contribution in [0.15, 0.2) is 42.5 Å². The molecule has 0 fully saturated rings. The number of hydrogen-bond acceptors (Lipinski definition) is 4. The molecular weight excluding hydrogens is 264 g/mol. The lowest BCUT2D eigenvalue weighted by Gasteiger charge is -2.21. The second-order valence-corrected chi connectivity index (χ2v) is 5.24. The number of rotatable bonds is 4. The fourth-order valence-electron chi connectivity index (χ4n) is 2.36. The summed E-state index contributed by atoms with van der Waals surface area (Å²) in [5.41, 5.74) is 3.38. The van der Waals surface area contributed by atoms with Crippen molar-refractivity contribution in [3.63, 3.8) is 0 Å². The number of hydrogen-bond donors (Lipinski definition) is 1. The third kappa shape index (κ3) is 3.05. The molecule has 0 atom stereocenters. The molecule has 3 rings (SSSR count). The maximum Gasteiger partial charge on any atom is 0.166 e. The van der Waals surface area contributed by atoms with Crippen LogP contribution in [0.1, 0.15) is 5.56 Å². The number of fused-ring (bicyclic) bond motifs is 1. The quantitative estimate of drug-likeness (QED) is 0.935. The molecule has 4 nitrogen and oxygen atoms in total. The topological polar surface area (TPSA) is 33.7 Å². The fraction of sp³-hybridized carbons (Fsp3) is 0.294. The Morgan fingerprint density at radius 3 is 2.71 bits per heavy atom. The average molecular weight is 284 g/mol. The van der Waals surface area contributed by atoms with Crippen molar-refractivity contribution < 1.29 is 9.47 Å². The predicted octanol–water partition coefficient (Wildman–Crippen LogP) is 3.14. The smallest absolute Gasteiger partial charge is 0.166 e. The second-order valence-electron chi connectivity index (χ2n) is 5.24. The van der Waals surface area contributed by atoms with Crippen LogP contribution in [0.3, 0.4) is 0 Å². The average Bonchev–Trinajstić information content (AvgIpc) is 2.53. The first-order valence-electron chi connectivity index (χ1n) is 7.13. The lowest BCUT2D eigenvalue weighted by atomic mass is 10.1. The van der Waals surface area contributed by atoms with Gasteiger partial charge in [-0.2, -0.15) is 0 Å². The Kier molecular flexibility index (Phi) is 3.86. The lowest BCUT2D eigenvalue weighted by molar-refractivity contribution is 0.170. The largest absolute Gasteiger partial charge is 0.486 e. The van der Waals surface area contributed by atoms with Crippen molar-refractivity contribution in [2.24, 2.45) is 0 Å². The fourth-order valence-corrected chi connectivity index (χ4v) is 2.36. The van der Waals surface area contributed by atoms with Crippen molar-refractivity contribution >= 4 is 11.4 Å². The van der Waals surface area contributed by atoms with Gasteiger partial charge in [0.25, 0.3) is 0 Å². The summed E-state index contributed by atoms with van der Waals surface area (Å²) < 4.78 is 11.3. The van der Waals surface area contributed by atoms with Crippen LogP contribution in [0.25, 0.3) is 0 Å². The summed E-state index contributed by atoms with van der Waals surface area (Å²) in [6.07, 6.45) is 0. The van der Waals surface area contributed by atoms with Gasteiger partial charge in [0.05, 0.1) is 0 Å². The van der Waals surface area contributed by atoms with Crippen molar-refractivity contribution in [2.75, 3.05) is 37.5 Å². The van der Waals surface area contributed by atoms with Crippen molar-refractivity contribution in [1.29, 1.82) is 0 Å². The number of nitrogens with one attached hydrogen (secondary N) is 1. The molecule has 0 spiro atoms. The molecule has 0 saturated heterocycles. The van der Waals surface area contributed by atoms with Gasteiger partial charge in [-0.1, -0.05) is 18.2 Å². The molecule has 21 heavy (non-hydrogen) atoms. The summed E-state index contributed by atoms with van der Waals surface area (Å²) in [7, 11) is 4.08. The number of anilines is 2. The summed E-state index contributed by atoms with van der Waals surface area (Å²) >= 11 is 0. The zero-order chi connectivity index (χ0) is 14.7. The molecule has 1 N–H and O–H groups in total. The highest BCUT2D eigenvalue weighted by atomic mass is 16.6. The molecule has 110 valence electrons. The zero-order valence-corrected chi connectivity index (χ0v) is 12.4. The van der Waals surface area contributed by atoms with Crippen LogP contribution in [0.5, 0.6) is 11.5 Å². The van der Waals surface area contributed by atoms with E-state index in [4.69, 9.17) is 9.47 Å². The Bertz CT molecular complexity index is 626. The van der Waals surface area contributed by atoms with E-state index < -0.39 is 0 Å². The van der Waals surface area contributed by atoms with Crippen LogP contribution in [0, 0.1) is 0 Å². The van der Waals surface area contributed by atoms with Gasteiger partial charge in [0, 0.05) is 37.6 Å². The molecule has 0 unspecified atom stereocenters. The molecular formula is C17H20N2O2. The molecule has 4 heteroatoms. The van der Waals surface area contributed by atoms with Gasteiger partial charge in [0.1, 0.15) is 13.2 Å². The molecule has 2 aromatic carbocycles. The van der Waals surface area contributed by atoms with E-state index in [1.807, 2.05) is 26.2 Å². The molecule has 1 aliphatic heterocycles. The first-order valence-corrected chi connectivity index (χ1v) is 7.13. The molecule has 0 radical (unpaired) electrons. The Morgan fingerprint density at radius 2 is 1.86 bits per heavy atom. The molecule has 0 amide bonds. The molecule has 0 bridgehead atoms. The number of nitrogens with zero attached hydrogens (tertiary/aromatic N) is 1. The third-order valence-electron chi connectivity index (χ3n) is 3.49. The Balaban J connectivity index is 1.75. The minimum absolute atomic E-state index is 0.611. The second kappa shape index (κ2) is 5.95. The van der Waals surface area contributed by atoms with Gasteiger partial charge in [0.2, 0.25) is 0 Å². The van der Waals surface area contributed by atoms with Crippen LogP contribution in [0.2, 0.25) is 0 Å². The van der Waals surface area contributed by atoms with E-state index in [0.717, 1.165) is 22.7 Å². The number of para-hydroxylation sites is 1. The summed E-state index contributed by atoms with van der Waals surface area (Å²) in [5, 5.41) is 3.44. The SMILES string of the molecule is CN(C)c1cccc(NCc2cccc3c2OCCO3)c1. The van der Waals surface area contributed by atoms with Gasteiger partial charge in [-0.3, -0.25) is 0 Å². The highest BCUT2D eigenvalue weighted by Gasteiger charge is 2.15. The van der Waals surface area contributed by atoms with E-state index >= 15 is 0 Å². The number of benzene rings is 2. The minimum Gasteiger partial charge on any atom is -0.486 e. The normalized spacial score (nSPS) is 12.9. The predicted molar refractivity (Wildman–Crippen MR) is 85.5 cm³/mol. The molecule has 0 aliphatic carbocycles. The standard InChI is InChI=1S/C17H20N2O2/c1-19(2)15-7-4-6-14(11-15)18-12-13-5-3-8-16-17(13)21-10-9-20-16/h3-8,11,18H,9-10,12H2,1-2H3. The molecule has 0 aromatic heterocycles. The maximum atomic E-state index is 5.73. The van der Waals surface area contributed by atoms with E-state index in [1.165, 1.54) is 5.69 Å². The Morgan fingerprint density at radius 1 is 1.05 bits per heavy atom. The van der Waals surface area contributed by atoms with Crippen molar-refractivity contribution in [3.8, 4) is 11.5 Å². The first-order chi connectivity index (χ1) is 10.2. The van der Waals surface area contributed by atoms with E-state index in [0.29, 0.717) is 19.8 Å². The highest BCUT2D eigenvalue weighted by molar-refractivity contribution is 5.58. The van der Waals surface area contributed by atoms with Gasteiger partial charge >= 0.3 is 0 Å². The van der Waals surface area contributed by atoms with Gasteiger partial charge in [0.15, 0.2) is 11.5 Å². The van der Waals surface area contributed by atoms with Crippen molar-refractivity contribution in [3.05, 3.63) is 48.0 Å². The van der Waals surface area contributed by atoms with E-state index in [2.05, 4.69) is 40.5 Å².